The van der Waals surface area contributed by atoms with Gasteiger partial charge in [-0.25, -0.2) is 13.6 Å². The Morgan fingerprint density at radius 1 is 1.15 bits per heavy atom. The Balaban J connectivity index is 2.13. The van der Waals surface area contributed by atoms with E-state index in [1.807, 2.05) is 0 Å². The molecule has 8 heteroatoms. The highest BCUT2D eigenvalue weighted by Gasteiger charge is 2.25. The summed E-state index contributed by atoms with van der Waals surface area (Å²) in [5, 5.41) is 2.05. The van der Waals surface area contributed by atoms with Crippen LogP contribution in [0.3, 0.4) is 0 Å². The van der Waals surface area contributed by atoms with Gasteiger partial charge in [0, 0.05) is 11.3 Å². The van der Waals surface area contributed by atoms with Crippen molar-refractivity contribution in [3.63, 3.8) is 0 Å². The van der Waals surface area contributed by atoms with Crippen molar-refractivity contribution >= 4 is 23.3 Å². The number of carbonyl (C=O) groups is 3. The maximum atomic E-state index is 13.6. The van der Waals surface area contributed by atoms with Crippen LogP contribution in [-0.2, 0) is 9.53 Å². The number of benzene rings is 1. The molecule has 2 rings (SSSR count). The summed E-state index contributed by atoms with van der Waals surface area (Å²) in [6.07, 6.45) is -1.31. The number of nitrogens with one attached hydrogen (secondary N) is 2. The Bertz CT molecular complexity index is 869. The number of H-pyrrole nitrogens is 1. The van der Waals surface area contributed by atoms with Crippen molar-refractivity contribution in [1.29, 1.82) is 0 Å². The Morgan fingerprint density at radius 3 is 2.23 bits per heavy atom. The number of aryl methyl sites for hydroxylation is 1. The lowest BCUT2D eigenvalue weighted by Gasteiger charge is -2.14. The average Bonchev–Trinajstić information content (AvgIpc) is 2.85. The quantitative estimate of drug-likeness (QED) is 0.629. The normalized spacial score (nSPS) is 11.8. The van der Waals surface area contributed by atoms with E-state index < -0.39 is 35.3 Å². The van der Waals surface area contributed by atoms with Crippen molar-refractivity contribution < 1.29 is 27.9 Å². The van der Waals surface area contributed by atoms with Gasteiger partial charge in [-0.15, -0.1) is 0 Å². The fourth-order valence-electron chi connectivity index (χ4n) is 2.60. The third-order valence-electron chi connectivity index (χ3n) is 3.86. The van der Waals surface area contributed by atoms with Crippen LogP contribution < -0.4 is 5.32 Å². The maximum absolute atomic E-state index is 13.6. The van der Waals surface area contributed by atoms with Crippen LogP contribution in [0, 0.1) is 25.5 Å². The van der Waals surface area contributed by atoms with Crippen LogP contribution >= 0.6 is 0 Å². The number of ether oxygens (including phenoxy) is 1. The molecule has 0 bridgehead atoms. The van der Waals surface area contributed by atoms with Crippen molar-refractivity contribution in [1.82, 2.24) is 4.98 Å². The lowest BCUT2D eigenvalue weighted by Crippen LogP contribution is -2.31. The van der Waals surface area contributed by atoms with Crippen molar-refractivity contribution in [2.24, 2.45) is 0 Å². The van der Waals surface area contributed by atoms with Crippen molar-refractivity contribution in [2.45, 2.75) is 33.8 Å². The van der Waals surface area contributed by atoms with E-state index in [4.69, 9.17) is 4.74 Å². The van der Waals surface area contributed by atoms with Gasteiger partial charge in [-0.2, -0.15) is 0 Å². The second-order valence-corrected chi connectivity index (χ2v) is 5.81. The molecule has 1 heterocycles. The molecule has 0 aliphatic rings. The second-order valence-electron chi connectivity index (χ2n) is 5.81. The molecule has 138 valence electrons. The van der Waals surface area contributed by atoms with Gasteiger partial charge in [0.05, 0.1) is 0 Å². The molecule has 2 N–H and O–H groups in total. The summed E-state index contributed by atoms with van der Waals surface area (Å²) >= 11 is 0. The molecule has 0 aliphatic carbocycles. The number of ketones is 1. The molecule has 0 spiro atoms. The van der Waals surface area contributed by atoms with E-state index in [-0.39, 0.29) is 11.5 Å². The van der Waals surface area contributed by atoms with Gasteiger partial charge < -0.3 is 15.0 Å². The summed E-state index contributed by atoms with van der Waals surface area (Å²) in [6.45, 7) is 5.86. The third-order valence-corrected chi connectivity index (χ3v) is 3.86. The zero-order valence-corrected chi connectivity index (χ0v) is 14.7. The summed E-state index contributed by atoms with van der Waals surface area (Å²) in [7, 11) is 0. The highest BCUT2D eigenvalue weighted by Crippen LogP contribution is 2.21. The topological polar surface area (TPSA) is 88.3 Å². The summed E-state index contributed by atoms with van der Waals surface area (Å²) in [6, 6.07) is 3.14. The highest BCUT2D eigenvalue weighted by molar-refractivity contribution is 6.02. The molecule has 0 aliphatic heterocycles. The van der Waals surface area contributed by atoms with Crippen LogP contribution in [-0.4, -0.2) is 28.7 Å². The van der Waals surface area contributed by atoms with Gasteiger partial charge in [-0.1, -0.05) is 6.07 Å². The first-order valence-electron chi connectivity index (χ1n) is 7.79. The summed E-state index contributed by atoms with van der Waals surface area (Å²) in [5.74, 6) is -3.85. The standard InChI is InChI=1S/C18H18F2N2O4/c1-8-14(10(3)23)9(2)21-15(8)18(25)26-11(4)17(24)22-16-12(19)6-5-7-13(16)20/h5-7,11,21H,1-4H3,(H,22,24)/t11-/m1/s1. The van der Waals surface area contributed by atoms with Gasteiger partial charge in [0.15, 0.2) is 11.9 Å². The molecule has 0 saturated heterocycles. The van der Waals surface area contributed by atoms with E-state index in [9.17, 15) is 23.2 Å². The lowest BCUT2D eigenvalue weighted by molar-refractivity contribution is -0.123. The van der Waals surface area contributed by atoms with E-state index in [1.165, 1.54) is 13.8 Å². The van der Waals surface area contributed by atoms with Crippen LogP contribution in [0.25, 0.3) is 0 Å². The Hall–Kier alpha value is -3.03. The van der Waals surface area contributed by atoms with Crippen molar-refractivity contribution in [2.75, 3.05) is 5.32 Å². The van der Waals surface area contributed by atoms with Crippen LogP contribution in [0.1, 0.15) is 46.0 Å². The molecule has 1 amide bonds. The first kappa shape index (κ1) is 19.3. The molecule has 1 aromatic carbocycles. The number of hydrogen-bond acceptors (Lipinski definition) is 4. The number of aromatic nitrogens is 1. The van der Waals surface area contributed by atoms with E-state index in [1.54, 1.807) is 13.8 Å². The molecule has 0 radical (unpaired) electrons. The van der Waals surface area contributed by atoms with E-state index in [0.29, 0.717) is 16.8 Å². The van der Waals surface area contributed by atoms with Gasteiger partial charge in [0.25, 0.3) is 5.91 Å². The van der Waals surface area contributed by atoms with E-state index in [0.717, 1.165) is 18.2 Å². The van der Waals surface area contributed by atoms with Crippen LogP contribution in [0.4, 0.5) is 14.5 Å². The number of para-hydroxylation sites is 1. The minimum absolute atomic E-state index is 0.0458. The summed E-state index contributed by atoms with van der Waals surface area (Å²) in [4.78, 5) is 38.7. The van der Waals surface area contributed by atoms with E-state index in [2.05, 4.69) is 10.3 Å². The third kappa shape index (κ3) is 3.79. The number of esters is 1. The minimum atomic E-state index is -1.31. The molecule has 1 atom stereocenters. The van der Waals surface area contributed by atoms with Gasteiger partial charge >= 0.3 is 5.97 Å². The predicted octanol–water partition coefficient (Wildman–Crippen LogP) is 3.30. The molecular formula is C18H18F2N2O4. The molecule has 2 aromatic rings. The Morgan fingerprint density at radius 2 is 1.73 bits per heavy atom. The van der Waals surface area contributed by atoms with Crippen LogP contribution in [0.2, 0.25) is 0 Å². The molecule has 0 fully saturated rings. The number of halogens is 2. The number of Topliss-reactive ketones (excluding diaryl/α,β-unsaturated/α-hetero) is 1. The SMILES string of the molecule is CC(=O)c1c(C)[nH]c(C(=O)O[C@H](C)C(=O)Nc2c(F)cccc2F)c1C. The number of aromatic amines is 1. The zero-order valence-electron chi connectivity index (χ0n) is 14.7. The first-order chi connectivity index (χ1) is 12.1. The van der Waals surface area contributed by atoms with Gasteiger partial charge in [-0.05, 0) is 45.4 Å². The van der Waals surface area contributed by atoms with Crippen molar-refractivity contribution in [3.8, 4) is 0 Å². The number of rotatable bonds is 5. The number of hydrogen-bond donors (Lipinski definition) is 2. The largest absolute Gasteiger partial charge is 0.448 e. The van der Waals surface area contributed by atoms with Gasteiger partial charge in [0.1, 0.15) is 23.0 Å². The highest BCUT2D eigenvalue weighted by atomic mass is 19.1. The number of amides is 1. The monoisotopic (exact) mass is 364 g/mol. The Kier molecular flexibility index (Phi) is 5.54. The lowest BCUT2D eigenvalue weighted by atomic mass is 10.1. The minimum Gasteiger partial charge on any atom is -0.448 e. The predicted molar refractivity (Wildman–Crippen MR) is 90.1 cm³/mol. The fourth-order valence-corrected chi connectivity index (χ4v) is 2.60. The van der Waals surface area contributed by atoms with Gasteiger partial charge in [-0.3, -0.25) is 9.59 Å². The van der Waals surface area contributed by atoms with Crippen molar-refractivity contribution in [3.05, 3.63) is 52.3 Å². The molecule has 0 saturated carbocycles. The molecule has 6 nitrogen and oxygen atoms in total. The first-order valence-corrected chi connectivity index (χ1v) is 7.79. The van der Waals surface area contributed by atoms with Crippen LogP contribution in [0.5, 0.6) is 0 Å². The molecular weight excluding hydrogens is 346 g/mol. The summed E-state index contributed by atoms with van der Waals surface area (Å²) < 4.78 is 32.2. The maximum Gasteiger partial charge on any atom is 0.355 e. The Labute approximate surface area is 148 Å². The zero-order chi connectivity index (χ0) is 19.6. The van der Waals surface area contributed by atoms with Gasteiger partial charge in [0.2, 0.25) is 0 Å². The summed E-state index contributed by atoms with van der Waals surface area (Å²) in [5.41, 5.74) is 0.721. The smallest absolute Gasteiger partial charge is 0.355 e. The van der Waals surface area contributed by atoms with E-state index >= 15 is 0 Å². The average molecular weight is 364 g/mol. The molecule has 1 aromatic heterocycles. The number of anilines is 1. The molecule has 26 heavy (non-hydrogen) atoms. The second kappa shape index (κ2) is 7.47. The fraction of sp³-hybridized carbons (Fsp3) is 0.278. The number of carbonyl (C=O) groups excluding carboxylic acids is 3. The van der Waals surface area contributed by atoms with Crippen LogP contribution in [0.15, 0.2) is 18.2 Å². The molecule has 0 unspecified atom stereocenters.